The summed E-state index contributed by atoms with van der Waals surface area (Å²) in [7, 11) is -2.29. The molecular formula is C19H27ClN2O3S. The molecule has 3 rings (SSSR count). The number of rotatable bonds is 5. The van der Waals surface area contributed by atoms with Gasteiger partial charge in [-0.05, 0) is 60.3 Å². The summed E-state index contributed by atoms with van der Waals surface area (Å²) in [5.74, 6) is 0.368. The first-order valence-electron chi connectivity index (χ1n) is 9.00. The lowest BCUT2D eigenvalue weighted by molar-refractivity contribution is -0.122. The molecule has 0 heterocycles. The molecule has 1 amide bonds. The van der Waals surface area contributed by atoms with Gasteiger partial charge >= 0.3 is 0 Å². The first-order chi connectivity index (χ1) is 12.0. The molecule has 3 unspecified atom stereocenters. The second-order valence-electron chi connectivity index (χ2n) is 8.45. The van der Waals surface area contributed by atoms with Gasteiger partial charge < -0.3 is 5.32 Å². The van der Waals surface area contributed by atoms with Crippen LogP contribution in [0, 0.1) is 16.7 Å². The Balaban J connectivity index is 1.66. The number of hydrogen-bond donors (Lipinski definition) is 1. The number of nitrogens with one attached hydrogen (secondary N) is 1. The highest BCUT2D eigenvalue weighted by molar-refractivity contribution is 7.89. The van der Waals surface area contributed by atoms with Crippen LogP contribution in [-0.2, 0) is 14.8 Å². The van der Waals surface area contributed by atoms with Crippen LogP contribution in [0.2, 0.25) is 5.02 Å². The molecule has 2 aliphatic rings. The van der Waals surface area contributed by atoms with Crippen molar-refractivity contribution in [2.24, 2.45) is 16.7 Å². The first kappa shape index (κ1) is 19.6. The fourth-order valence-electron chi connectivity index (χ4n) is 4.74. The first-order valence-corrected chi connectivity index (χ1v) is 10.8. The fourth-order valence-corrected chi connectivity index (χ4v) is 5.99. The van der Waals surface area contributed by atoms with Crippen molar-refractivity contribution in [2.45, 2.75) is 51.0 Å². The van der Waals surface area contributed by atoms with Crippen molar-refractivity contribution >= 4 is 27.5 Å². The number of amides is 1. The van der Waals surface area contributed by atoms with Crippen molar-refractivity contribution in [1.82, 2.24) is 9.62 Å². The van der Waals surface area contributed by atoms with Crippen molar-refractivity contribution in [2.75, 3.05) is 13.6 Å². The molecule has 0 aromatic heterocycles. The quantitative estimate of drug-likeness (QED) is 0.827. The van der Waals surface area contributed by atoms with E-state index in [2.05, 4.69) is 26.1 Å². The highest BCUT2D eigenvalue weighted by Gasteiger charge is 2.61. The maximum Gasteiger partial charge on any atom is 0.243 e. The van der Waals surface area contributed by atoms with Gasteiger partial charge in [-0.15, -0.1) is 0 Å². The second-order valence-corrected chi connectivity index (χ2v) is 10.9. The standard InChI is InChI=1S/C19H27ClN2O3S/c1-18(2)13-9-10-19(18,3)16(11-13)21-17(23)12-22(4)26(24,25)15-7-5-14(20)6-8-15/h5-8,13,16H,9-12H2,1-4H3,(H,21,23). The molecule has 1 N–H and O–H groups in total. The van der Waals surface area contributed by atoms with Crippen LogP contribution in [0.4, 0.5) is 0 Å². The molecule has 0 saturated heterocycles. The highest BCUT2D eigenvalue weighted by Crippen LogP contribution is 2.65. The molecule has 1 aromatic rings. The van der Waals surface area contributed by atoms with Gasteiger partial charge in [0, 0.05) is 18.1 Å². The summed E-state index contributed by atoms with van der Waals surface area (Å²) >= 11 is 5.82. The summed E-state index contributed by atoms with van der Waals surface area (Å²) in [5.41, 5.74) is 0.271. The van der Waals surface area contributed by atoms with Gasteiger partial charge in [-0.2, -0.15) is 4.31 Å². The third kappa shape index (κ3) is 3.06. The van der Waals surface area contributed by atoms with Crippen molar-refractivity contribution in [3.05, 3.63) is 29.3 Å². The van der Waals surface area contributed by atoms with Crippen molar-refractivity contribution < 1.29 is 13.2 Å². The molecule has 2 bridgehead atoms. The van der Waals surface area contributed by atoms with Crippen molar-refractivity contribution in [3.8, 4) is 0 Å². The van der Waals surface area contributed by atoms with E-state index in [4.69, 9.17) is 11.6 Å². The number of sulfonamides is 1. The van der Waals surface area contributed by atoms with Gasteiger partial charge in [0.05, 0.1) is 11.4 Å². The lowest BCUT2D eigenvalue weighted by atomic mass is 9.69. The Morgan fingerprint density at radius 3 is 2.38 bits per heavy atom. The summed E-state index contributed by atoms with van der Waals surface area (Å²) in [6.45, 7) is 6.63. The predicted molar refractivity (Wildman–Crippen MR) is 102 cm³/mol. The molecule has 0 radical (unpaired) electrons. The Bertz CT molecular complexity index is 807. The molecular weight excluding hydrogens is 372 g/mol. The van der Waals surface area contributed by atoms with Crippen LogP contribution < -0.4 is 5.32 Å². The van der Waals surface area contributed by atoms with Gasteiger partial charge in [0.2, 0.25) is 15.9 Å². The van der Waals surface area contributed by atoms with E-state index in [1.807, 2.05) is 0 Å². The van der Waals surface area contributed by atoms with E-state index in [1.165, 1.54) is 37.7 Å². The normalized spacial score (nSPS) is 29.9. The van der Waals surface area contributed by atoms with E-state index in [0.29, 0.717) is 10.9 Å². The maximum atomic E-state index is 12.6. The fraction of sp³-hybridized carbons (Fsp3) is 0.632. The number of fused-ring (bicyclic) bond motifs is 2. The Kier molecular flexibility index (Phi) is 4.91. The molecule has 2 saturated carbocycles. The average molecular weight is 399 g/mol. The minimum Gasteiger partial charge on any atom is -0.352 e. The van der Waals surface area contributed by atoms with Gasteiger partial charge in [0.1, 0.15) is 0 Å². The smallest absolute Gasteiger partial charge is 0.243 e. The van der Waals surface area contributed by atoms with Gasteiger partial charge in [-0.1, -0.05) is 32.4 Å². The van der Waals surface area contributed by atoms with E-state index in [9.17, 15) is 13.2 Å². The molecule has 0 aliphatic heterocycles. The minimum absolute atomic E-state index is 0.0704. The largest absolute Gasteiger partial charge is 0.352 e. The number of nitrogens with zero attached hydrogens (tertiary/aromatic N) is 1. The second kappa shape index (κ2) is 6.50. The van der Waals surface area contributed by atoms with Crippen LogP contribution in [-0.4, -0.2) is 38.3 Å². The van der Waals surface area contributed by atoms with E-state index >= 15 is 0 Å². The molecule has 1 aromatic carbocycles. The van der Waals surface area contributed by atoms with Crippen LogP contribution in [0.5, 0.6) is 0 Å². The lowest BCUT2D eigenvalue weighted by Gasteiger charge is -2.39. The number of carbonyl (C=O) groups excluding carboxylic acids is 1. The van der Waals surface area contributed by atoms with E-state index in [-0.39, 0.29) is 34.2 Å². The molecule has 26 heavy (non-hydrogen) atoms. The molecule has 0 spiro atoms. The van der Waals surface area contributed by atoms with Crippen LogP contribution in [0.25, 0.3) is 0 Å². The molecule has 5 nitrogen and oxygen atoms in total. The zero-order valence-electron chi connectivity index (χ0n) is 15.8. The molecule has 3 atom stereocenters. The molecule has 144 valence electrons. The predicted octanol–water partition coefficient (Wildman–Crippen LogP) is 3.29. The number of likely N-dealkylation sites (N-methyl/N-ethyl adjacent to an activating group) is 1. The summed E-state index contributed by atoms with van der Waals surface area (Å²) in [6, 6.07) is 6.06. The number of carbonyl (C=O) groups is 1. The van der Waals surface area contributed by atoms with Gasteiger partial charge in [-0.3, -0.25) is 4.79 Å². The van der Waals surface area contributed by atoms with Crippen molar-refractivity contribution in [1.29, 1.82) is 0 Å². The summed E-state index contributed by atoms with van der Waals surface area (Å²) in [6.07, 6.45) is 3.29. The van der Waals surface area contributed by atoms with Crippen molar-refractivity contribution in [3.63, 3.8) is 0 Å². The number of hydrogen-bond acceptors (Lipinski definition) is 3. The van der Waals surface area contributed by atoms with Crippen LogP contribution >= 0.6 is 11.6 Å². The monoisotopic (exact) mass is 398 g/mol. The summed E-state index contributed by atoms with van der Waals surface area (Å²) < 4.78 is 26.3. The minimum atomic E-state index is -3.72. The maximum absolute atomic E-state index is 12.6. The van der Waals surface area contributed by atoms with E-state index in [1.54, 1.807) is 0 Å². The third-order valence-corrected chi connectivity index (χ3v) is 9.09. The Morgan fingerprint density at radius 1 is 1.27 bits per heavy atom. The van der Waals surface area contributed by atoms with Gasteiger partial charge in [0.15, 0.2) is 0 Å². The average Bonchev–Trinajstić information content (AvgIpc) is 2.88. The third-order valence-electron chi connectivity index (χ3n) is 7.02. The topological polar surface area (TPSA) is 66.5 Å². The molecule has 2 fully saturated rings. The molecule has 7 heteroatoms. The molecule has 2 aliphatic carbocycles. The van der Waals surface area contributed by atoms with E-state index < -0.39 is 10.0 Å². The SMILES string of the molecule is CN(CC(=O)NC1CC2CCC1(C)C2(C)C)S(=O)(=O)c1ccc(Cl)cc1. The zero-order chi connectivity index (χ0) is 19.3. The lowest BCUT2D eigenvalue weighted by Crippen LogP contribution is -2.49. The Labute approximate surface area is 161 Å². The Hall–Kier alpha value is -1.11. The van der Waals surface area contributed by atoms with Gasteiger partial charge in [-0.25, -0.2) is 8.42 Å². The number of benzene rings is 1. The summed E-state index contributed by atoms with van der Waals surface area (Å²) in [5, 5.41) is 3.57. The van der Waals surface area contributed by atoms with E-state index in [0.717, 1.165) is 17.1 Å². The van der Waals surface area contributed by atoms with Gasteiger partial charge in [0.25, 0.3) is 0 Å². The van der Waals surface area contributed by atoms with Crippen LogP contribution in [0.3, 0.4) is 0 Å². The van der Waals surface area contributed by atoms with Crippen LogP contribution in [0.1, 0.15) is 40.0 Å². The Morgan fingerprint density at radius 2 is 1.88 bits per heavy atom. The van der Waals surface area contributed by atoms with Crippen LogP contribution in [0.15, 0.2) is 29.2 Å². The zero-order valence-corrected chi connectivity index (χ0v) is 17.3. The highest BCUT2D eigenvalue weighted by atomic mass is 35.5. The number of halogens is 1. The summed E-state index contributed by atoms with van der Waals surface area (Å²) in [4.78, 5) is 12.7.